The molecule has 0 saturated heterocycles. The molecular weight excluding hydrogens is 336 g/mol. The van der Waals surface area contributed by atoms with Crippen LogP contribution in [-0.2, 0) is 16.4 Å². The van der Waals surface area contributed by atoms with Gasteiger partial charge < -0.3 is 10.2 Å². The first-order chi connectivity index (χ1) is 11.4. The summed E-state index contributed by atoms with van der Waals surface area (Å²) in [6, 6.07) is 3.01. The summed E-state index contributed by atoms with van der Waals surface area (Å²) in [4.78, 5) is 21.2. The first kappa shape index (κ1) is 18.0. The molecule has 0 spiro atoms. The third-order valence-electron chi connectivity index (χ3n) is 5.18. The number of nitrogens with zero attached hydrogens (tertiary/aromatic N) is 2. The Kier molecular flexibility index (Phi) is 4.04. The Balaban J connectivity index is 2.07. The van der Waals surface area contributed by atoms with E-state index in [-0.39, 0.29) is 16.4 Å². The summed E-state index contributed by atoms with van der Waals surface area (Å²) in [7, 11) is 0. The molecule has 0 aromatic carbocycles. The maximum Gasteiger partial charge on any atom is 0.337 e. The molecule has 2 aromatic rings. The zero-order chi connectivity index (χ0) is 18.6. The van der Waals surface area contributed by atoms with Crippen LogP contribution in [0.25, 0.3) is 0 Å². The highest BCUT2D eigenvalue weighted by Crippen LogP contribution is 2.49. The fourth-order valence-corrected chi connectivity index (χ4v) is 4.65. The van der Waals surface area contributed by atoms with Gasteiger partial charge in [0.25, 0.3) is 0 Å². The van der Waals surface area contributed by atoms with Gasteiger partial charge >= 0.3 is 5.97 Å². The van der Waals surface area contributed by atoms with Gasteiger partial charge in [0, 0.05) is 21.9 Å². The van der Waals surface area contributed by atoms with E-state index in [9.17, 15) is 9.90 Å². The number of fused-ring (bicyclic) bond motifs is 1. The van der Waals surface area contributed by atoms with Gasteiger partial charge in [-0.1, -0.05) is 27.7 Å². The summed E-state index contributed by atoms with van der Waals surface area (Å²) in [5, 5.41) is 20.7. The van der Waals surface area contributed by atoms with Crippen LogP contribution in [0.1, 0.15) is 79.1 Å². The lowest BCUT2D eigenvalue weighted by Gasteiger charge is -2.37. The van der Waals surface area contributed by atoms with Crippen LogP contribution in [0.2, 0.25) is 0 Å². The lowest BCUT2D eigenvalue weighted by atomic mass is 9.69. The van der Waals surface area contributed by atoms with Crippen molar-refractivity contribution in [3.05, 3.63) is 45.2 Å². The number of rotatable bonds is 3. The quantitative estimate of drug-likeness (QED) is 0.869. The lowest BCUT2D eigenvalue weighted by molar-refractivity contribution is 0.0694. The number of hydrogen-bond donors (Lipinski definition) is 2. The lowest BCUT2D eigenvalue weighted by Crippen LogP contribution is -2.33. The van der Waals surface area contributed by atoms with Gasteiger partial charge in [0.1, 0.15) is 5.01 Å². The Hall–Kier alpha value is -1.79. The highest BCUT2D eigenvalue weighted by molar-refractivity contribution is 7.12. The van der Waals surface area contributed by atoms with E-state index in [1.807, 2.05) is 0 Å². The third kappa shape index (κ3) is 2.98. The van der Waals surface area contributed by atoms with Crippen molar-refractivity contribution in [3.63, 3.8) is 0 Å². The molecule has 2 aromatic heterocycles. The molecule has 1 unspecified atom stereocenters. The molecule has 6 heteroatoms. The molecule has 0 radical (unpaired) electrons. The molecule has 2 heterocycles. The fourth-order valence-electron chi connectivity index (χ4n) is 3.22. The number of thiazole rings is 1. The van der Waals surface area contributed by atoms with Gasteiger partial charge in [-0.05, 0) is 31.9 Å². The van der Waals surface area contributed by atoms with Crippen LogP contribution in [0.4, 0.5) is 0 Å². The van der Waals surface area contributed by atoms with E-state index < -0.39 is 11.6 Å². The van der Waals surface area contributed by atoms with E-state index in [4.69, 9.17) is 10.1 Å². The zero-order valence-electron chi connectivity index (χ0n) is 15.3. The minimum absolute atomic E-state index is 0.0176. The first-order valence-corrected chi connectivity index (χ1v) is 9.21. The average Bonchev–Trinajstić information content (AvgIpc) is 3.01. The van der Waals surface area contributed by atoms with Gasteiger partial charge in [-0.15, -0.1) is 11.3 Å². The summed E-state index contributed by atoms with van der Waals surface area (Å²) in [6.07, 6.45) is 3.42. The van der Waals surface area contributed by atoms with Crippen molar-refractivity contribution >= 4 is 17.3 Å². The van der Waals surface area contributed by atoms with Gasteiger partial charge in [0.15, 0.2) is 5.60 Å². The Labute approximate surface area is 151 Å². The van der Waals surface area contributed by atoms with Crippen molar-refractivity contribution in [1.29, 1.82) is 0 Å². The van der Waals surface area contributed by atoms with Gasteiger partial charge in [-0.3, -0.25) is 4.98 Å². The molecule has 0 amide bonds. The molecule has 0 aliphatic heterocycles. The molecule has 1 aliphatic rings. The van der Waals surface area contributed by atoms with Crippen molar-refractivity contribution in [2.45, 2.75) is 63.9 Å². The number of hydrogen-bond acceptors (Lipinski definition) is 5. The highest BCUT2D eigenvalue weighted by Gasteiger charge is 2.43. The number of carboxylic acid groups (broad SMARTS) is 1. The van der Waals surface area contributed by atoms with E-state index in [1.54, 1.807) is 13.0 Å². The number of aromatic nitrogens is 2. The van der Waals surface area contributed by atoms with Gasteiger partial charge in [-0.2, -0.15) is 0 Å². The molecule has 0 bridgehead atoms. The largest absolute Gasteiger partial charge is 0.478 e. The SMILES string of the molecule is CC1(C)CCC(C)(C)c2sc(C(C)(O)c3ccc(C(=O)O)cn3)nc21. The van der Waals surface area contributed by atoms with E-state index in [1.165, 1.54) is 28.5 Å². The van der Waals surface area contributed by atoms with E-state index >= 15 is 0 Å². The molecule has 0 saturated carbocycles. The fraction of sp³-hybridized carbons (Fsp3) is 0.526. The Morgan fingerprint density at radius 1 is 1.20 bits per heavy atom. The molecular formula is C19H24N2O3S. The van der Waals surface area contributed by atoms with Crippen LogP contribution in [0.3, 0.4) is 0 Å². The molecule has 25 heavy (non-hydrogen) atoms. The van der Waals surface area contributed by atoms with Crippen LogP contribution in [0, 0.1) is 0 Å². The molecule has 1 atom stereocenters. The molecule has 3 rings (SSSR count). The summed E-state index contributed by atoms with van der Waals surface area (Å²) in [5.74, 6) is -1.04. The van der Waals surface area contributed by atoms with E-state index in [0.717, 1.165) is 18.5 Å². The molecule has 1 aliphatic carbocycles. The minimum Gasteiger partial charge on any atom is -0.478 e. The zero-order valence-corrected chi connectivity index (χ0v) is 16.1. The van der Waals surface area contributed by atoms with Crippen LogP contribution < -0.4 is 0 Å². The van der Waals surface area contributed by atoms with Crippen molar-refractivity contribution in [2.75, 3.05) is 0 Å². The van der Waals surface area contributed by atoms with Crippen LogP contribution in [-0.4, -0.2) is 26.2 Å². The smallest absolute Gasteiger partial charge is 0.337 e. The molecule has 5 nitrogen and oxygen atoms in total. The maximum atomic E-state index is 11.1. The van der Waals surface area contributed by atoms with Gasteiger partial charge in [-0.25, -0.2) is 9.78 Å². The second kappa shape index (κ2) is 5.61. The number of aliphatic hydroxyl groups is 1. The standard InChI is InChI=1S/C19H24N2O3S/c1-17(2)8-9-18(3,4)14-13(17)21-16(25-14)19(5,24)12-7-6-11(10-20-12)15(22)23/h6-7,10,24H,8-9H2,1-5H3,(H,22,23). The van der Waals surface area contributed by atoms with Crippen LogP contribution in [0.5, 0.6) is 0 Å². The average molecular weight is 360 g/mol. The molecule has 134 valence electrons. The van der Waals surface area contributed by atoms with Crippen molar-refractivity contribution < 1.29 is 15.0 Å². The van der Waals surface area contributed by atoms with Crippen molar-refractivity contribution in [1.82, 2.24) is 9.97 Å². The summed E-state index contributed by atoms with van der Waals surface area (Å²) in [5.41, 5.74) is 0.226. The number of carboxylic acids is 1. The minimum atomic E-state index is -1.36. The number of carbonyl (C=O) groups is 1. The topological polar surface area (TPSA) is 83.3 Å². The second-order valence-corrected chi connectivity index (χ2v) is 9.27. The summed E-state index contributed by atoms with van der Waals surface area (Å²) < 4.78 is 0. The molecule has 0 fully saturated rings. The van der Waals surface area contributed by atoms with E-state index in [0.29, 0.717) is 10.7 Å². The Morgan fingerprint density at radius 2 is 1.84 bits per heavy atom. The maximum absolute atomic E-state index is 11.1. The predicted molar refractivity (Wildman–Crippen MR) is 97.3 cm³/mol. The number of pyridine rings is 1. The third-order valence-corrected chi connectivity index (χ3v) is 6.82. The first-order valence-electron chi connectivity index (χ1n) is 8.40. The van der Waals surface area contributed by atoms with Crippen molar-refractivity contribution in [3.8, 4) is 0 Å². The van der Waals surface area contributed by atoms with Gasteiger partial charge in [0.2, 0.25) is 0 Å². The molecule has 2 N–H and O–H groups in total. The van der Waals surface area contributed by atoms with Crippen LogP contribution in [0.15, 0.2) is 18.3 Å². The second-order valence-electron chi connectivity index (χ2n) is 8.27. The summed E-state index contributed by atoms with van der Waals surface area (Å²) >= 11 is 1.54. The van der Waals surface area contributed by atoms with Crippen LogP contribution >= 0.6 is 11.3 Å². The normalized spacial score (nSPS) is 20.6. The summed E-state index contributed by atoms with van der Waals surface area (Å²) in [6.45, 7) is 10.5. The van der Waals surface area contributed by atoms with E-state index in [2.05, 4.69) is 32.7 Å². The van der Waals surface area contributed by atoms with Crippen molar-refractivity contribution in [2.24, 2.45) is 0 Å². The highest BCUT2D eigenvalue weighted by atomic mass is 32.1. The Bertz CT molecular complexity index is 786. The number of aromatic carboxylic acids is 1. The van der Waals surface area contributed by atoms with Gasteiger partial charge in [0.05, 0.1) is 17.0 Å². The monoisotopic (exact) mass is 360 g/mol. The Morgan fingerprint density at radius 3 is 2.36 bits per heavy atom. The predicted octanol–water partition coefficient (Wildman–Crippen LogP) is 3.84.